The summed E-state index contributed by atoms with van der Waals surface area (Å²) in [5.74, 6) is 1.71. The van der Waals surface area contributed by atoms with Crippen molar-refractivity contribution in [3.8, 4) is 11.5 Å². The molecule has 0 saturated carbocycles. The molecular formula is C13H18N2O4S. The number of benzene rings is 1. The summed E-state index contributed by atoms with van der Waals surface area (Å²) in [4.78, 5) is 0. The fourth-order valence-electron chi connectivity index (χ4n) is 2.61. The van der Waals surface area contributed by atoms with E-state index in [1.165, 1.54) is 8.61 Å². The molecule has 2 heterocycles. The number of hydrogen-bond donors (Lipinski definition) is 0. The van der Waals surface area contributed by atoms with Gasteiger partial charge in [-0.2, -0.15) is 17.0 Å². The minimum Gasteiger partial charge on any atom is -0.454 e. The Balaban J connectivity index is 1.78. The highest BCUT2D eigenvalue weighted by Gasteiger charge is 2.33. The lowest BCUT2D eigenvalue weighted by molar-refractivity contribution is 0.174. The van der Waals surface area contributed by atoms with E-state index < -0.39 is 10.2 Å². The molecule has 1 aromatic rings. The molecule has 1 atom stereocenters. The van der Waals surface area contributed by atoms with Gasteiger partial charge in [-0.15, -0.1) is 0 Å². The van der Waals surface area contributed by atoms with Crippen LogP contribution in [0.15, 0.2) is 18.2 Å². The van der Waals surface area contributed by atoms with E-state index in [-0.39, 0.29) is 12.7 Å². The van der Waals surface area contributed by atoms with Gasteiger partial charge in [0.15, 0.2) is 11.5 Å². The second-order valence-corrected chi connectivity index (χ2v) is 7.39. The van der Waals surface area contributed by atoms with Crippen molar-refractivity contribution in [2.24, 2.45) is 0 Å². The van der Waals surface area contributed by atoms with Crippen molar-refractivity contribution in [2.45, 2.75) is 12.3 Å². The average Bonchev–Trinajstić information content (AvgIpc) is 3.06. The van der Waals surface area contributed by atoms with Crippen LogP contribution in [0.2, 0.25) is 0 Å². The second-order valence-electron chi connectivity index (χ2n) is 5.25. The molecule has 3 rings (SSSR count). The zero-order valence-electron chi connectivity index (χ0n) is 11.6. The van der Waals surface area contributed by atoms with Gasteiger partial charge in [0.25, 0.3) is 10.2 Å². The molecule has 2 aliphatic rings. The fourth-order valence-corrected chi connectivity index (χ4v) is 3.77. The SMILES string of the molecule is CN(C)S(=O)(=O)N1CCC(c2ccc3c(c2)OCO3)C1. The summed E-state index contributed by atoms with van der Waals surface area (Å²) in [6, 6.07) is 5.84. The van der Waals surface area contributed by atoms with Crippen LogP contribution in [0, 0.1) is 0 Å². The highest BCUT2D eigenvalue weighted by atomic mass is 32.2. The van der Waals surface area contributed by atoms with E-state index in [1.54, 1.807) is 14.1 Å². The Morgan fingerprint density at radius 2 is 2.00 bits per heavy atom. The maximum absolute atomic E-state index is 12.1. The number of rotatable bonds is 3. The van der Waals surface area contributed by atoms with Crippen LogP contribution >= 0.6 is 0 Å². The topological polar surface area (TPSA) is 59.1 Å². The van der Waals surface area contributed by atoms with Crippen LogP contribution in [0.25, 0.3) is 0 Å². The Morgan fingerprint density at radius 3 is 2.75 bits per heavy atom. The van der Waals surface area contributed by atoms with Gasteiger partial charge in [0.2, 0.25) is 6.79 Å². The van der Waals surface area contributed by atoms with Crippen molar-refractivity contribution in [1.82, 2.24) is 8.61 Å². The predicted octanol–water partition coefficient (Wildman–Crippen LogP) is 1.01. The van der Waals surface area contributed by atoms with Crippen molar-refractivity contribution in [3.05, 3.63) is 23.8 Å². The van der Waals surface area contributed by atoms with Gasteiger partial charge >= 0.3 is 0 Å². The molecule has 6 nitrogen and oxygen atoms in total. The third-order valence-corrected chi connectivity index (χ3v) is 5.71. The normalized spacial score (nSPS) is 22.6. The van der Waals surface area contributed by atoms with Crippen LogP contribution in [0.5, 0.6) is 11.5 Å². The van der Waals surface area contributed by atoms with Gasteiger partial charge in [0.05, 0.1) is 0 Å². The molecule has 1 unspecified atom stereocenters. The minimum absolute atomic E-state index is 0.208. The van der Waals surface area contributed by atoms with Crippen LogP contribution in [-0.2, 0) is 10.2 Å². The lowest BCUT2D eigenvalue weighted by Gasteiger charge is -2.21. The predicted molar refractivity (Wildman–Crippen MR) is 74.1 cm³/mol. The number of fused-ring (bicyclic) bond motifs is 1. The number of hydrogen-bond acceptors (Lipinski definition) is 4. The Hall–Kier alpha value is -1.31. The average molecular weight is 298 g/mol. The summed E-state index contributed by atoms with van der Waals surface area (Å²) >= 11 is 0. The highest BCUT2D eigenvalue weighted by Crippen LogP contribution is 2.37. The standard InChI is InChI=1S/C13H18N2O4S/c1-14(2)20(16,17)15-6-5-11(8-15)10-3-4-12-13(7-10)19-9-18-12/h3-4,7,11H,5-6,8-9H2,1-2H3. The third-order valence-electron chi connectivity index (χ3n) is 3.81. The van der Waals surface area contributed by atoms with E-state index in [4.69, 9.17) is 9.47 Å². The van der Waals surface area contributed by atoms with E-state index >= 15 is 0 Å². The molecular weight excluding hydrogens is 280 g/mol. The maximum Gasteiger partial charge on any atom is 0.281 e. The minimum atomic E-state index is -3.32. The van der Waals surface area contributed by atoms with Crippen molar-refractivity contribution >= 4 is 10.2 Å². The number of ether oxygens (including phenoxy) is 2. The Bertz CT molecular complexity index is 615. The molecule has 0 N–H and O–H groups in total. The molecule has 1 saturated heterocycles. The summed E-state index contributed by atoms with van der Waals surface area (Å²) in [7, 11) is -0.201. The smallest absolute Gasteiger partial charge is 0.281 e. The fraction of sp³-hybridized carbons (Fsp3) is 0.538. The lowest BCUT2D eigenvalue weighted by atomic mass is 9.98. The molecule has 0 spiro atoms. The van der Waals surface area contributed by atoms with E-state index in [9.17, 15) is 8.42 Å². The molecule has 7 heteroatoms. The van der Waals surface area contributed by atoms with Gasteiger partial charge in [0, 0.05) is 27.2 Å². The summed E-state index contributed by atoms with van der Waals surface area (Å²) < 4.78 is 37.7. The van der Waals surface area contributed by atoms with Gasteiger partial charge in [0.1, 0.15) is 0 Å². The summed E-state index contributed by atoms with van der Waals surface area (Å²) in [6.07, 6.45) is 0.826. The Kier molecular flexibility index (Phi) is 3.35. The Labute approximate surface area is 119 Å². The quantitative estimate of drug-likeness (QED) is 0.835. The van der Waals surface area contributed by atoms with Crippen molar-refractivity contribution in [3.63, 3.8) is 0 Å². The molecule has 110 valence electrons. The largest absolute Gasteiger partial charge is 0.454 e. The van der Waals surface area contributed by atoms with E-state index in [0.717, 1.165) is 23.5 Å². The van der Waals surface area contributed by atoms with Crippen molar-refractivity contribution in [1.29, 1.82) is 0 Å². The van der Waals surface area contributed by atoms with E-state index in [1.807, 2.05) is 18.2 Å². The monoisotopic (exact) mass is 298 g/mol. The molecule has 0 amide bonds. The van der Waals surface area contributed by atoms with Crippen molar-refractivity contribution in [2.75, 3.05) is 34.0 Å². The molecule has 2 aliphatic heterocycles. The zero-order valence-corrected chi connectivity index (χ0v) is 12.4. The Morgan fingerprint density at radius 1 is 1.25 bits per heavy atom. The van der Waals surface area contributed by atoms with Gasteiger partial charge in [-0.1, -0.05) is 6.07 Å². The molecule has 0 aliphatic carbocycles. The first-order valence-corrected chi connectivity index (χ1v) is 7.95. The lowest BCUT2D eigenvalue weighted by Crippen LogP contribution is -2.38. The van der Waals surface area contributed by atoms with Gasteiger partial charge in [-0.25, -0.2) is 0 Å². The third kappa shape index (κ3) is 2.25. The van der Waals surface area contributed by atoms with E-state index in [0.29, 0.717) is 13.1 Å². The van der Waals surface area contributed by atoms with Gasteiger partial charge < -0.3 is 9.47 Å². The molecule has 1 fully saturated rings. The molecule has 0 bridgehead atoms. The first kappa shape index (κ1) is 13.7. The van der Waals surface area contributed by atoms with E-state index in [2.05, 4.69) is 0 Å². The highest BCUT2D eigenvalue weighted by molar-refractivity contribution is 7.86. The summed E-state index contributed by atoms with van der Waals surface area (Å²) in [5.41, 5.74) is 1.10. The zero-order chi connectivity index (χ0) is 14.3. The molecule has 1 aromatic carbocycles. The number of nitrogens with zero attached hydrogens (tertiary/aromatic N) is 2. The second kappa shape index (κ2) is 4.91. The van der Waals surface area contributed by atoms with Crippen LogP contribution < -0.4 is 9.47 Å². The molecule has 0 radical (unpaired) electrons. The van der Waals surface area contributed by atoms with Gasteiger partial charge in [-0.3, -0.25) is 0 Å². The molecule has 0 aromatic heterocycles. The van der Waals surface area contributed by atoms with Crippen LogP contribution in [0.1, 0.15) is 17.9 Å². The molecule has 20 heavy (non-hydrogen) atoms. The maximum atomic E-state index is 12.1. The summed E-state index contributed by atoms with van der Waals surface area (Å²) in [6.45, 7) is 1.32. The van der Waals surface area contributed by atoms with Gasteiger partial charge in [-0.05, 0) is 30.0 Å². The first-order valence-electron chi connectivity index (χ1n) is 6.55. The van der Waals surface area contributed by atoms with Crippen LogP contribution in [-0.4, -0.2) is 51.0 Å². The van der Waals surface area contributed by atoms with Crippen LogP contribution in [0.4, 0.5) is 0 Å². The van der Waals surface area contributed by atoms with Crippen molar-refractivity contribution < 1.29 is 17.9 Å². The summed E-state index contributed by atoms with van der Waals surface area (Å²) in [5, 5.41) is 0. The first-order chi connectivity index (χ1) is 9.48. The van der Waals surface area contributed by atoms with Crippen LogP contribution in [0.3, 0.4) is 0 Å².